The van der Waals surface area contributed by atoms with E-state index in [2.05, 4.69) is 5.32 Å². The molecule has 24 heavy (non-hydrogen) atoms. The highest BCUT2D eigenvalue weighted by atomic mass is 16.5. The topological polar surface area (TPSA) is 98.5 Å². The number of ether oxygens (including phenoxy) is 1. The molecule has 0 saturated heterocycles. The molecule has 2 amide bonds. The zero-order chi connectivity index (χ0) is 17.7. The molecule has 3 N–H and O–H groups in total. The molecule has 0 saturated carbocycles. The molecule has 0 fully saturated rings. The van der Waals surface area contributed by atoms with Crippen molar-refractivity contribution >= 4 is 23.5 Å². The van der Waals surface area contributed by atoms with Crippen molar-refractivity contribution in [2.24, 2.45) is 5.73 Å². The highest BCUT2D eigenvalue weighted by Crippen LogP contribution is 2.12. The highest BCUT2D eigenvalue weighted by Gasteiger charge is 2.12. The molecule has 0 atom stereocenters. The standard InChI is InChI=1S/C18H18N2O4/c1-11-3-4-14(9-12(11)2)16(21)10-24-17(22)13-5-7-15(8-6-13)20-18(19)23/h3-9H,10H2,1-2H3,(H3,19,20,23). The lowest BCUT2D eigenvalue weighted by Gasteiger charge is -2.07. The van der Waals surface area contributed by atoms with Crippen molar-refractivity contribution in [2.45, 2.75) is 13.8 Å². The van der Waals surface area contributed by atoms with Gasteiger partial charge in [0.15, 0.2) is 12.4 Å². The fourth-order valence-electron chi connectivity index (χ4n) is 2.04. The molecule has 0 unspecified atom stereocenters. The van der Waals surface area contributed by atoms with E-state index < -0.39 is 12.0 Å². The molecule has 2 aromatic carbocycles. The number of ketones is 1. The van der Waals surface area contributed by atoms with Crippen LogP contribution in [-0.2, 0) is 4.74 Å². The van der Waals surface area contributed by atoms with Crippen LogP contribution in [0.2, 0.25) is 0 Å². The van der Waals surface area contributed by atoms with Crippen molar-refractivity contribution in [1.29, 1.82) is 0 Å². The number of carbonyl (C=O) groups is 3. The van der Waals surface area contributed by atoms with Gasteiger partial charge in [-0.2, -0.15) is 0 Å². The fraction of sp³-hybridized carbons (Fsp3) is 0.167. The Labute approximate surface area is 139 Å². The van der Waals surface area contributed by atoms with Crippen molar-refractivity contribution in [3.8, 4) is 0 Å². The van der Waals surface area contributed by atoms with Gasteiger partial charge >= 0.3 is 12.0 Å². The lowest BCUT2D eigenvalue weighted by atomic mass is 10.0. The minimum absolute atomic E-state index is 0.265. The molecule has 0 aliphatic heterocycles. The maximum atomic E-state index is 12.1. The number of hydrogen-bond donors (Lipinski definition) is 2. The normalized spacial score (nSPS) is 10.1. The van der Waals surface area contributed by atoms with Crippen molar-refractivity contribution in [1.82, 2.24) is 0 Å². The number of nitrogens with two attached hydrogens (primary N) is 1. The van der Waals surface area contributed by atoms with Crippen LogP contribution in [-0.4, -0.2) is 24.4 Å². The quantitative estimate of drug-likeness (QED) is 0.652. The third-order valence-corrected chi connectivity index (χ3v) is 3.55. The van der Waals surface area contributed by atoms with E-state index >= 15 is 0 Å². The average Bonchev–Trinajstić information content (AvgIpc) is 2.55. The second-order valence-electron chi connectivity index (χ2n) is 5.36. The van der Waals surface area contributed by atoms with Gasteiger partial charge in [0.25, 0.3) is 0 Å². The summed E-state index contributed by atoms with van der Waals surface area (Å²) in [5, 5.41) is 2.39. The summed E-state index contributed by atoms with van der Waals surface area (Å²) in [6.45, 7) is 3.54. The molecule has 2 rings (SSSR count). The molecule has 6 nitrogen and oxygen atoms in total. The van der Waals surface area contributed by atoms with Gasteiger partial charge in [-0.3, -0.25) is 4.79 Å². The van der Waals surface area contributed by atoms with E-state index in [0.717, 1.165) is 11.1 Å². The summed E-state index contributed by atoms with van der Waals surface area (Å²) in [7, 11) is 0. The average molecular weight is 326 g/mol. The lowest BCUT2D eigenvalue weighted by Crippen LogP contribution is -2.19. The van der Waals surface area contributed by atoms with Gasteiger partial charge in [-0.15, -0.1) is 0 Å². The fourth-order valence-corrected chi connectivity index (χ4v) is 2.04. The molecular formula is C18H18N2O4. The number of anilines is 1. The molecular weight excluding hydrogens is 308 g/mol. The van der Waals surface area contributed by atoms with Crippen LogP contribution < -0.4 is 11.1 Å². The Hall–Kier alpha value is -3.15. The van der Waals surface area contributed by atoms with E-state index in [1.54, 1.807) is 12.1 Å². The van der Waals surface area contributed by atoms with Crippen LogP contribution in [0.3, 0.4) is 0 Å². The SMILES string of the molecule is Cc1ccc(C(=O)COC(=O)c2ccc(NC(N)=O)cc2)cc1C. The summed E-state index contributed by atoms with van der Waals surface area (Å²) in [5.41, 5.74) is 8.34. The second-order valence-corrected chi connectivity index (χ2v) is 5.36. The van der Waals surface area contributed by atoms with E-state index in [1.807, 2.05) is 19.9 Å². The molecule has 0 bridgehead atoms. The number of esters is 1. The molecule has 0 radical (unpaired) electrons. The van der Waals surface area contributed by atoms with Crippen LogP contribution in [0.1, 0.15) is 31.8 Å². The Morgan fingerprint density at radius 2 is 1.58 bits per heavy atom. The van der Waals surface area contributed by atoms with E-state index in [4.69, 9.17) is 10.5 Å². The van der Waals surface area contributed by atoms with Gasteiger partial charge in [-0.05, 0) is 55.3 Å². The first-order valence-corrected chi connectivity index (χ1v) is 7.31. The maximum Gasteiger partial charge on any atom is 0.338 e. The first-order chi connectivity index (χ1) is 11.4. The van der Waals surface area contributed by atoms with Crippen molar-refractivity contribution < 1.29 is 19.1 Å². The van der Waals surface area contributed by atoms with E-state index in [0.29, 0.717) is 11.3 Å². The first kappa shape index (κ1) is 17.2. The van der Waals surface area contributed by atoms with Gasteiger partial charge in [0, 0.05) is 11.3 Å². The summed E-state index contributed by atoms with van der Waals surface area (Å²) < 4.78 is 5.03. The minimum Gasteiger partial charge on any atom is -0.454 e. The van der Waals surface area contributed by atoms with Crippen LogP contribution in [0.4, 0.5) is 10.5 Å². The minimum atomic E-state index is -0.690. The van der Waals surface area contributed by atoms with Crippen LogP contribution in [0.5, 0.6) is 0 Å². The van der Waals surface area contributed by atoms with E-state index in [-0.39, 0.29) is 18.0 Å². The Kier molecular flexibility index (Phi) is 5.31. The third-order valence-electron chi connectivity index (χ3n) is 3.55. The molecule has 0 spiro atoms. The third kappa shape index (κ3) is 4.42. The van der Waals surface area contributed by atoms with Gasteiger partial charge in [0.1, 0.15) is 0 Å². The Bertz CT molecular complexity index is 782. The molecule has 0 aliphatic carbocycles. The van der Waals surface area contributed by atoms with Crippen LogP contribution in [0.25, 0.3) is 0 Å². The van der Waals surface area contributed by atoms with Crippen LogP contribution >= 0.6 is 0 Å². The molecule has 0 heterocycles. The van der Waals surface area contributed by atoms with Gasteiger partial charge in [0.2, 0.25) is 0 Å². The molecule has 2 aromatic rings. The number of nitrogens with one attached hydrogen (secondary N) is 1. The zero-order valence-electron chi connectivity index (χ0n) is 13.5. The predicted octanol–water partition coefficient (Wildman–Crippen LogP) is 2.83. The number of urea groups is 1. The van der Waals surface area contributed by atoms with E-state index in [9.17, 15) is 14.4 Å². The number of carbonyl (C=O) groups excluding carboxylic acids is 3. The maximum absolute atomic E-state index is 12.1. The second kappa shape index (κ2) is 7.41. The Morgan fingerprint density at radius 1 is 0.958 bits per heavy atom. The number of benzene rings is 2. The Balaban J connectivity index is 1.95. The largest absolute Gasteiger partial charge is 0.454 e. The first-order valence-electron chi connectivity index (χ1n) is 7.31. The predicted molar refractivity (Wildman–Crippen MR) is 90.2 cm³/mol. The van der Waals surface area contributed by atoms with Gasteiger partial charge < -0.3 is 15.8 Å². The highest BCUT2D eigenvalue weighted by molar-refractivity contribution is 5.99. The summed E-state index contributed by atoms with van der Waals surface area (Å²) in [5.74, 6) is -0.878. The smallest absolute Gasteiger partial charge is 0.338 e. The van der Waals surface area contributed by atoms with Gasteiger partial charge in [-0.1, -0.05) is 12.1 Å². The summed E-state index contributed by atoms with van der Waals surface area (Å²) in [6.07, 6.45) is 0. The summed E-state index contributed by atoms with van der Waals surface area (Å²) in [6, 6.07) is 10.7. The van der Waals surface area contributed by atoms with Crippen LogP contribution in [0.15, 0.2) is 42.5 Å². The Morgan fingerprint density at radius 3 is 2.17 bits per heavy atom. The number of rotatable bonds is 5. The summed E-state index contributed by atoms with van der Waals surface area (Å²) >= 11 is 0. The number of primary amides is 1. The summed E-state index contributed by atoms with van der Waals surface area (Å²) in [4.78, 5) is 34.8. The van der Waals surface area contributed by atoms with E-state index in [1.165, 1.54) is 24.3 Å². The van der Waals surface area contributed by atoms with Gasteiger partial charge in [0.05, 0.1) is 5.56 Å². The molecule has 0 aromatic heterocycles. The molecule has 6 heteroatoms. The number of aryl methyl sites for hydroxylation is 2. The molecule has 0 aliphatic rings. The monoisotopic (exact) mass is 326 g/mol. The molecule has 124 valence electrons. The van der Waals surface area contributed by atoms with Gasteiger partial charge in [-0.25, -0.2) is 9.59 Å². The number of hydrogen-bond acceptors (Lipinski definition) is 4. The van der Waals surface area contributed by atoms with Crippen molar-refractivity contribution in [3.05, 3.63) is 64.7 Å². The van der Waals surface area contributed by atoms with Crippen molar-refractivity contribution in [3.63, 3.8) is 0 Å². The number of Topliss-reactive ketones (excluding diaryl/α,β-unsaturated/α-hetero) is 1. The van der Waals surface area contributed by atoms with Crippen LogP contribution in [0, 0.1) is 13.8 Å². The zero-order valence-corrected chi connectivity index (χ0v) is 13.5. The lowest BCUT2D eigenvalue weighted by molar-refractivity contribution is 0.0475. The number of amides is 2. The van der Waals surface area contributed by atoms with Crippen molar-refractivity contribution in [2.75, 3.05) is 11.9 Å².